The molecule has 1 aromatic carbocycles. The molecule has 0 radical (unpaired) electrons. The molecule has 1 saturated carbocycles. The van der Waals surface area contributed by atoms with E-state index in [4.69, 9.17) is 12.2 Å². The maximum atomic E-state index is 5.35. The van der Waals surface area contributed by atoms with Gasteiger partial charge in [-0.2, -0.15) is 5.10 Å². The van der Waals surface area contributed by atoms with E-state index in [1.54, 1.807) is 0 Å². The molecular formula is C13H14BrN3S. The molecule has 18 heavy (non-hydrogen) atoms. The predicted octanol–water partition coefficient (Wildman–Crippen LogP) is 4.19. The maximum absolute atomic E-state index is 5.35. The summed E-state index contributed by atoms with van der Waals surface area (Å²) in [5.41, 5.74) is 3.54. The molecule has 0 bridgehead atoms. The van der Waals surface area contributed by atoms with Crippen LogP contribution < -0.4 is 0 Å². The highest BCUT2D eigenvalue weighted by atomic mass is 79.9. The molecule has 1 heterocycles. The van der Waals surface area contributed by atoms with Crippen molar-refractivity contribution in [2.45, 2.75) is 32.6 Å². The Morgan fingerprint density at radius 2 is 1.94 bits per heavy atom. The lowest BCUT2D eigenvalue weighted by molar-refractivity contribution is 0.867. The fourth-order valence-electron chi connectivity index (χ4n) is 2.23. The van der Waals surface area contributed by atoms with Crippen molar-refractivity contribution >= 4 is 28.1 Å². The lowest BCUT2D eigenvalue weighted by Crippen LogP contribution is -2.01. The fourth-order valence-corrected chi connectivity index (χ4v) is 2.70. The van der Waals surface area contributed by atoms with E-state index in [2.05, 4.69) is 56.7 Å². The van der Waals surface area contributed by atoms with Gasteiger partial charge in [-0.3, -0.25) is 9.67 Å². The molecule has 3 rings (SSSR count). The Bertz CT molecular complexity index is 644. The second-order valence-electron chi connectivity index (χ2n) is 4.89. The van der Waals surface area contributed by atoms with Gasteiger partial charge < -0.3 is 0 Å². The van der Waals surface area contributed by atoms with Crippen LogP contribution >= 0.6 is 28.1 Å². The number of hydrogen-bond donors (Lipinski definition) is 1. The van der Waals surface area contributed by atoms with Gasteiger partial charge in [0.15, 0.2) is 4.77 Å². The molecule has 94 valence electrons. The van der Waals surface area contributed by atoms with Gasteiger partial charge in [-0.1, -0.05) is 15.9 Å². The first-order valence-corrected chi connectivity index (χ1v) is 7.22. The average Bonchev–Trinajstić information content (AvgIpc) is 3.09. The fraction of sp³-hybridized carbons (Fsp3) is 0.385. The van der Waals surface area contributed by atoms with Crippen LogP contribution in [0, 0.1) is 18.6 Å². The largest absolute Gasteiger partial charge is 0.272 e. The zero-order valence-electron chi connectivity index (χ0n) is 10.3. The third-order valence-corrected chi connectivity index (χ3v) is 4.84. The summed E-state index contributed by atoms with van der Waals surface area (Å²) in [5, 5.41) is 7.28. The van der Waals surface area contributed by atoms with Crippen molar-refractivity contribution < 1.29 is 0 Å². The lowest BCUT2D eigenvalue weighted by Gasteiger charge is -2.10. The molecule has 1 fully saturated rings. The van der Waals surface area contributed by atoms with Crippen LogP contribution in [0.4, 0.5) is 0 Å². The monoisotopic (exact) mass is 323 g/mol. The number of nitrogens with one attached hydrogen (secondary N) is 1. The average molecular weight is 324 g/mol. The van der Waals surface area contributed by atoms with Crippen molar-refractivity contribution in [3.05, 3.63) is 38.3 Å². The van der Waals surface area contributed by atoms with E-state index in [0.717, 1.165) is 16.0 Å². The SMILES string of the molecule is Cc1cc(-n2c(C3CC3)n[nH]c2=S)cc(C)c1Br. The highest BCUT2D eigenvalue weighted by molar-refractivity contribution is 9.10. The van der Waals surface area contributed by atoms with Gasteiger partial charge in [0.05, 0.1) is 5.69 Å². The van der Waals surface area contributed by atoms with Gasteiger partial charge in [0.1, 0.15) is 5.82 Å². The maximum Gasteiger partial charge on any atom is 0.199 e. The molecule has 5 heteroatoms. The first-order valence-electron chi connectivity index (χ1n) is 6.02. The van der Waals surface area contributed by atoms with E-state index in [-0.39, 0.29) is 0 Å². The van der Waals surface area contributed by atoms with Crippen molar-refractivity contribution in [2.75, 3.05) is 0 Å². The van der Waals surface area contributed by atoms with Crippen LogP contribution in [0.25, 0.3) is 5.69 Å². The van der Waals surface area contributed by atoms with Crippen molar-refractivity contribution in [3.8, 4) is 5.69 Å². The van der Waals surface area contributed by atoms with E-state index < -0.39 is 0 Å². The second kappa shape index (κ2) is 4.31. The summed E-state index contributed by atoms with van der Waals surface area (Å²) in [5.74, 6) is 1.64. The van der Waals surface area contributed by atoms with Crippen LogP contribution in [0.5, 0.6) is 0 Å². The summed E-state index contributed by atoms with van der Waals surface area (Å²) in [7, 11) is 0. The van der Waals surface area contributed by atoms with Gasteiger partial charge in [-0.25, -0.2) is 0 Å². The van der Waals surface area contributed by atoms with Crippen LogP contribution in [-0.4, -0.2) is 14.8 Å². The highest BCUT2D eigenvalue weighted by Crippen LogP contribution is 2.40. The van der Waals surface area contributed by atoms with Crippen LogP contribution in [0.1, 0.15) is 35.7 Å². The molecule has 0 amide bonds. The molecule has 1 aliphatic carbocycles. The van der Waals surface area contributed by atoms with E-state index >= 15 is 0 Å². The number of hydrogen-bond acceptors (Lipinski definition) is 2. The second-order valence-corrected chi connectivity index (χ2v) is 6.07. The number of aromatic nitrogens is 3. The minimum Gasteiger partial charge on any atom is -0.272 e. The first-order chi connectivity index (χ1) is 8.58. The predicted molar refractivity (Wildman–Crippen MR) is 77.9 cm³/mol. The van der Waals surface area contributed by atoms with Gasteiger partial charge in [-0.05, 0) is 62.2 Å². The lowest BCUT2D eigenvalue weighted by atomic mass is 10.1. The molecule has 0 atom stereocenters. The number of nitrogens with zero attached hydrogens (tertiary/aromatic N) is 2. The molecule has 1 N–H and O–H groups in total. The first kappa shape index (κ1) is 12.1. The third-order valence-electron chi connectivity index (χ3n) is 3.32. The van der Waals surface area contributed by atoms with Crippen LogP contribution in [0.15, 0.2) is 16.6 Å². The van der Waals surface area contributed by atoms with Crippen molar-refractivity contribution in [3.63, 3.8) is 0 Å². The van der Waals surface area contributed by atoms with Gasteiger partial charge >= 0.3 is 0 Å². The Labute approximate surface area is 119 Å². The standard InChI is InChI=1S/C13H14BrN3S/c1-7-5-10(6-8(2)11(7)14)17-12(9-3-4-9)15-16-13(17)18/h5-6,9H,3-4H2,1-2H3,(H,16,18). The van der Waals surface area contributed by atoms with E-state index in [1.807, 2.05) is 0 Å². The molecule has 0 saturated heterocycles. The Hall–Kier alpha value is -0.940. The molecular weight excluding hydrogens is 310 g/mol. The zero-order chi connectivity index (χ0) is 12.9. The summed E-state index contributed by atoms with van der Waals surface area (Å²) < 4.78 is 3.91. The van der Waals surface area contributed by atoms with Crippen LogP contribution in [-0.2, 0) is 0 Å². The summed E-state index contributed by atoms with van der Waals surface area (Å²) in [6, 6.07) is 4.29. The van der Waals surface area contributed by atoms with Gasteiger partial charge in [0.2, 0.25) is 0 Å². The zero-order valence-corrected chi connectivity index (χ0v) is 12.7. The van der Waals surface area contributed by atoms with Gasteiger partial charge in [0.25, 0.3) is 0 Å². The van der Waals surface area contributed by atoms with E-state index in [0.29, 0.717) is 10.7 Å². The quantitative estimate of drug-likeness (QED) is 0.841. The molecule has 1 aliphatic rings. The summed E-state index contributed by atoms with van der Waals surface area (Å²) >= 11 is 8.95. The van der Waals surface area contributed by atoms with Crippen molar-refractivity contribution in [1.29, 1.82) is 0 Å². The number of aromatic amines is 1. The smallest absolute Gasteiger partial charge is 0.199 e. The summed E-state index contributed by atoms with van der Waals surface area (Å²) in [6.07, 6.45) is 2.43. The summed E-state index contributed by atoms with van der Waals surface area (Å²) in [6.45, 7) is 4.20. The van der Waals surface area contributed by atoms with Crippen LogP contribution in [0.2, 0.25) is 0 Å². The minimum atomic E-state index is 0.571. The summed E-state index contributed by atoms with van der Waals surface area (Å²) in [4.78, 5) is 0. The highest BCUT2D eigenvalue weighted by Gasteiger charge is 2.29. The Morgan fingerprint density at radius 1 is 1.33 bits per heavy atom. The number of aryl methyl sites for hydroxylation is 2. The molecule has 0 spiro atoms. The van der Waals surface area contributed by atoms with Crippen molar-refractivity contribution in [1.82, 2.24) is 14.8 Å². The molecule has 3 nitrogen and oxygen atoms in total. The number of H-pyrrole nitrogens is 1. The molecule has 0 aliphatic heterocycles. The minimum absolute atomic E-state index is 0.571. The van der Waals surface area contributed by atoms with E-state index in [9.17, 15) is 0 Å². The van der Waals surface area contributed by atoms with E-state index in [1.165, 1.54) is 24.0 Å². The topological polar surface area (TPSA) is 33.6 Å². The molecule has 2 aromatic rings. The Morgan fingerprint density at radius 3 is 2.50 bits per heavy atom. The van der Waals surface area contributed by atoms with Gasteiger partial charge in [0, 0.05) is 10.4 Å². The Kier molecular flexibility index (Phi) is 2.90. The normalized spacial score (nSPS) is 15.1. The van der Waals surface area contributed by atoms with Gasteiger partial charge in [-0.15, -0.1) is 0 Å². The van der Waals surface area contributed by atoms with Crippen LogP contribution in [0.3, 0.4) is 0 Å². The Balaban J connectivity index is 2.20. The number of halogens is 1. The number of rotatable bonds is 2. The molecule has 0 unspecified atom stereocenters. The third kappa shape index (κ3) is 1.95. The van der Waals surface area contributed by atoms with Crippen molar-refractivity contribution in [2.24, 2.45) is 0 Å². The molecule has 1 aromatic heterocycles. The number of benzene rings is 1.